The minimum atomic E-state index is -1.20. The zero-order valence-corrected chi connectivity index (χ0v) is 14.2. The third-order valence-electron chi connectivity index (χ3n) is 3.72. The number of fused-ring (bicyclic) bond motifs is 1. The van der Waals surface area contributed by atoms with Crippen molar-refractivity contribution >= 4 is 28.8 Å². The molecule has 9 nitrogen and oxygen atoms in total. The number of carbonyl (C=O) groups excluding carboxylic acids is 2. The second-order valence-electron chi connectivity index (χ2n) is 5.77. The van der Waals surface area contributed by atoms with Crippen LogP contribution in [-0.2, 0) is 20.8 Å². The van der Waals surface area contributed by atoms with Crippen molar-refractivity contribution in [3.8, 4) is 5.75 Å². The molecule has 0 radical (unpaired) electrons. The summed E-state index contributed by atoms with van der Waals surface area (Å²) >= 11 is 0. The van der Waals surface area contributed by atoms with Gasteiger partial charge in [-0.05, 0) is 37.1 Å². The molecule has 2 aromatic rings. The van der Waals surface area contributed by atoms with Gasteiger partial charge in [-0.25, -0.2) is 4.79 Å². The topological polar surface area (TPSA) is 146 Å². The number of carboxylic acid groups (broad SMARTS) is 1. The molecule has 2 amide bonds. The van der Waals surface area contributed by atoms with Crippen molar-refractivity contribution in [2.45, 2.75) is 20.3 Å². The van der Waals surface area contributed by atoms with Crippen LogP contribution in [-0.4, -0.2) is 41.1 Å². The molecule has 0 aliphatic carbocycles. The average molecular weight is 362 g/mol. The first-order chi connectivity index (χ1) is 12.2. The summed E-state index contributed by atoms with van der Waals surface area (Å²) < 4.78 is 5.19. The van der Waals surface area contributed by atoms with Crippen LogP contribution in [0.1, 0.15) is 16.7 Å². The number of nitrogens with one attached hydrogen (secondary N) is 2. The molecule has 4 N–H and O–H groups in total. The summed E-state index contributed by atoms with van der Waals surface area (Å²) in [5, 5.41) is 23.3. The van der Waals surface area contributed by atoms with Crippen molar-refractivity contribution in [3.63, 3.8) is 0 Å². The average Bonchev–Trinajstić information content (AvgIpc) is 2.53. The molecule has 26 heavy (non-hydrogen) atoms. The number of carboxylic acids is 1. The number of rotatable bonds is 6. The molecule has 138 valence electrons. The molecule has 9 heteroatoms. The third kappa shape index (κ3) is 4.38. The van der Waals surface area contributed by atoms with Crippen LogP contribution >= 0.6 is 0 Å². The molecule has 0 saturated carbocycles. The lowest BCUT2D eigenvalue weighted by molar-refractivity contribution is -0.137. The Morgan fingerprint density at radius 1 is 1.08 bits per heavy atom. The Morgan fingerprint density at radius 2 is 1.73 bits per heavy atom. The maximum absolute atomic E-state index is 12.2. The Kier molecular flexibility index (Phi) is 5.61. The molecule has 1 aromatic heterocycles. The molecule has 0 aliphatic rings. The maximum atomic E-state index is 12.2. The molecule has 0 aliphatic heterocycles. The fourth-order valence-electron chi connectivity index (χ4n) is 2.50. The van der Waals surface area contributed by atoms with Gasteiger partial charge in [-0.1, -0.05) is 0 Å². The van der Waals surface area contributed by atoms with Crippen molar-refractivity contribution in [1.82, 2.24) is 10.6 Å². The van der Waals surface area contributed by atoms with Crippen molar-refractivity contribution < 1.29 is 29.0 Å². The second kappa shape index (κ2) is 7.68. The van der Waals surface area contributed by atoms with Gasteiger partial charge in [0, 0.05) is 0 Å². The highest BCUT2D eigenvalue weighted by Gasteiger charge is 2.17. The highest BCUT2D eigenvalue weighted by molar-refractivity contribution is 5.90. The van der Waals surface area contributed by atoms with Gasteiger partial charge in [0.05, 0.1) is 23.9 Å². The largest absolute Gasteiger partial charge is 0.507 e. The predicted molar refractivity (Wildman–Crippen MR) is 91.0 cm³/mol. The quantitative estimate of drug-likeness (QED) is 0.528. The number of phenolic OH excluding ortho intramolecular Hbond substituents is 1. The summed E-state index contributed by atoms with van der Waals surface area (Å²) in [6.45, 7) is 2.36. The number of hydrogen-bond donors (Lipinski definition) is 4. The van der Waals surface area contributed by atoms with E-state index >= 15 is 0 Å². The van der Waals surface area contributed by atoms with Gasteiger partial charge < -0.3 is 25.3 Å². The fraction of sp³-hybridized carbons (Fsp3) is 0.294. The molecule has 0 spiro atoms. The van der Waals surface area contributed by atoms with Crippen LogP contribution in [0.3, 0.4) is 0 Å². The van der Waals surface area contributed by atoms with Crippen molar-refractivity contribution in [2.75, 3.05) is 13.1 Å². The predicted octanol–water partition coefficient (Wildman–Crippen LogP) is -0.0251. The highest BCUT2D eigenvalue weighted by Crippen LogP contribution is 2.29. The Morgan fingerprint density at radius 3 is 2.38 bits per heavy atom. The van der Waals surface area contributed by atoms with E-state index in [4.69, 9.17) is 9.52 Å². The van der Waals surface area contributed by atoms with Gasteiger partial charge in [0.25, 0.3) is 0 Å². The number of phenols is 1. The van der Waals surface area contributed by atoms with E-state index in [0.717, 1.165) is 5.56 Å². The van der Waals surface area contributed by atoms with E-state index in [0.29, 0.717) is 10.9 Å². The van der Waals surface area contributed by atoms with Gasteiger partial charge in [-0.2, -0.15) is 0 Å². The summed E-state index contributed by atoms with van der Waals surface area (Å²) in [4.78, 5) is 45.9. The van der Waals surface area contributed by atoms with Crippen LogP contribution in [0.4, 0.5) is 0 Å². The minimum Gasteiger partial charge on any atom is -0.507 e. The Labute approximate surface area is 147 Å². The third-order valence-corrected chi connectivity index (χ3v) is 3.72. The Bertz CT molecular complexity index is 946. The first-order valence-electron chi connectivity index (χ1n) is 7.70. The monoisotopic (exact) mass is 362 g/mol. The fourth-order valence-corrected chi connectivity index (χ4v) is 2.50. The first kappa shape index (κ1) is 19.0. The van der Waals surface area contributed by atoms with Crippen molar-refractivity contribution in [2.24, 2.45) is 0 Å². The van der Waals surface area contributed by atoms with Gasteiger partial charge in [-0.3, -0.25) is 14.4 Å². The van der Waals surface area contributed by atoms with E-state index in [1.54, 1.807) is 19.9 Å². The SMILES string of the molecule is Cc1cc(O)c2c(C)c(CC(=O)NCC(=O)NCC(=O)O)c(=O)oc2c1. The molecular formula is C17H18N2O7. The van der Waals surface area contributed by atoms with Crippen LogP contribution in [0, 0.1) is 13.8 Å². The summed E-state index contributed by atoms with van der Waals surface area (Å²) in [6, 6.07) is 3.13. The number of aryl methyl sites for hydroxylation is 2. The van der Waals surface area contributed by atoms with E-state index in [-0.39, 0.29) is 23.3 Å². The molecule has 0 fully saturated rings. The van der Waals surface area contributed by atoms with Gasteiger partial charge >= 0.3 is 11.6 Å². The molecule has 0 atom stereocenters. The Balaban J connectivity index is 2.15. The van der Waals surface area contributed by atoms with Crippen molar-refractivity contribution in [3.05, 3.63) is 39.2 Å². The molecule has 1 heterocycles. The highest BCUT2D eigenvalue weighted by atomic mass is 16.4. The van der Waals surface area contributed by atoms with E-state index in [1.165, 1.54) is 6.07 Å². The number of aliphatic carboxylic acids is 1. The van der Waals surface area contributed by atoms with Crippen LogP contribution in [0.5, 0.6) is 5.75 Å². The van der Waals surface area contributed by atoms with Gasteiger partial charge in [0.1, 0.15) is 17.9 Å². The summed E-state index contributed by atoms with van der Waals surface area (Å²) in [5.74, 6) is -2.55. The van der Waals surface area contributed by atoms with Gasteiger partial charge in [0.2, 0.25) is 11.8 Å². The van der Waals surface area contributed by atoms with E-state index in [1.807, 2.05) is 0 Å². The van der Waals surface area contributed by atoms with E-state index in [9.17, 15) is 24.3 Å². The molecular weight excluding hydrogens is 344 g/mol. The summed E-state index contributed by atoms with van der Waals surface area (Å²) in [5.41, 5.74) is 0.724. The normalized spacial score (nSPS) is 10.5. The summed E-state index contributed by atoms with van der Waals surface area (Å²) in [6.07, 6.45) is -0.344. The molecule has 0 unspecified atom stereocenters. The van der Waals surface area contributed by atoms with Gasteiger partial charge in [-0.15, -0.1) is 0 Å². The lowest BCUT2D eigenvalue weighted by Gasteiger charge is -2.10. The van der Waals surface area contributed by atoms with Crippen LogP contribution in [0.2, 0.25) is 0 Å². The zero-order valence-electron chi connectivity index (χ0n) is 14.2. The molecule has 0 saturated heterocycles. The minimum absolute atomic E-state index is 0.0593. The standard InChI is InChI=1S/C17H18N2O7/c1-8-3-11(20)16-9(2)10(17(25)26-12(16)4-8)5-13(21)18-6-14(22)19-7-15(23)24/h3-4,20H,5-7H2,1-2H3,(H,18,21)(H,19,22)(H,23,24). The number of amides is 2. The first-order valence-corrected chi connectivity index (χ1v) is 7.70. The number of hydrogen-bond acceptors (Lipinski definition) is 6. The smallest absolute Gasteiger partial charge is 0.340 e. The number of aromatic hydroxyl groups is 1. The van der Waals surface area contributed by atoms with Crippen molar-refractivity contribution in [1.29, 1.82) is 0 Å². The van der Waals surface area contributed by atoms with E-state index in [2.05, 4.69) is 10.6 Å². The van der Waals surface area contributed by atoms with Crippen LogP contribution < -0.4 is 16.3 Å². The lowest BCUT2D eigenvalue weighted by atomic mass is 10.0. The second-order valence-corrected chi connectivity index (χ2v) is 5.77. The lowest BCUT2D eigenvalue weighted by Crippen LogP contribution is -2.39. The van der Waals surface area contributed by atoms with Gasteiger partial charge in [0.15, 0.2) is 0 Å². The molecule has 1 aromatic carbocycles. The molecule has 0 bridgehead atoms. The van der Waals surface area contributed by atoms with Crippen LogP contribution in [0.15, 0.2) is 21.3 Å². The van der Waals surface area contributed by atoms with Crippen LogP contribution in [0.25, 0.3) is 11.0 Å². The maximum Gasteiger partial charge on any atom is 0.340 e. The van der Waals surface area contributed by atoms with E-state index < -0.39 is 36.5 Å². The number of carbonyl (C=O) groups is 3. The zero-order chi connectivity index (χ0) is 19.4. The molecule has 2 rings (SSSR count). The Hall–Kier alpha value is -3.36. The summed E-state index contributed by atoms with van der Waals surface area (Å²) in [7, 11) is 0. The number of benzene rings is 1.